The van der Waals surface area contributed by atoms with Gasteiger partial charge in [-0.05, 0) is 48.6 Å². The quantitative estimate of drug-likeness (QED) is 0.665. The summed E-state index contributed by atoms with van der Waals surface area (Å²) >= 11 is 0. The fourth-order valence-electron chi connectivity index (χ4n) is 4.48. The number of nitrogens with zero attached hydrogens (tertiary/aromatic N) is 2. The highest BCUT2D eigenvalue weighted by Crippen LogP contribution is 2.46. The van der Waals surface area contributed by atoms with Gasteiger partial charge in [-0.2, -0.15) is 0 Å². The number of fused-ring (bicyclic) bond motifs is 1. The van der Waals surface area contributed by atoms with Crippen LogP contribution in [0, 0.1) is 11.8 Å². The molecule has 154 valence electrons. The summed E-state index contributed by atoms with van der Waals surface area (Å²) in [5, 5.41) is 11.8. The predicted octanol–water partition coefficient (Wildman–Crippen LogP) is 4.07. The van der Waals surface area contributed by atoms with Gasteiger partial charge in [-0.15, -0.1) is 0 Å². The SMILES string of the molecule is O=C1N(Cc2ccccc2)c2cccc(N3CCCC3)c2C1(O)C#Cc1ccccc1. The zero-order valence-electron chi connectivity index (χ0n) is 17.3. The molecule has 4 heteroatoms. The van der Waals surface area contributed by atoms with Crippen molar-refractivity contribution in [1.82, 2.24) is 0 Å². The van der Waals surface area contributed by atoms with Crippen molar-refractivity contribution >= 4 is 17.3 Å². The van der Waals surface area contributed by atoms with Gasteiger partial charge in [0.15, 0.2) is 0 Å². The predicted molar refractivity (Wildman–Crippen MR) is 123 cm³/mol. The average molecular weight is 409 g/mol. The fraction of sp³-hybridized carbons (Fsp3) is 0.222. The van der Waals surface area contributed by atoms with Crippen LogP contribution in [-0.4, -0.2) is 24.1 Å². The third kappa shape index (κ3) is 3.48. The standard InChI is InChI=1S/C27H24N2O2/c30-26-27(31,17-16-21-10-3-1-4-11-21)25-23(28-18-7-8-19-28)14-9-15-24(25)29(26)20-22-12-5-2-6-13-22/h1-6,9-15,31H,7-8,18-20H2. The molecule has 4 nitrogen and oxygen atoms in total. The molecule has 0 saturated carbocycles. The van der Waals surface area contributed by atoms with E-state index < -0.39 is 5.60 Å². The van der Waals surface area contributed by atoms with Crippen LogP contribution in [0.5, 0.6) is 0 Å². The van der Waals surface area contributed by atoms with Crippen molar-refractivity contribution in [1.29, 1.82) is 0 Å². The van der Waals surface area contributed by atoms with E-state index in [1.165, 1.54) is 0 Å². The summed E-state index contributed by atoms with van der Waals surface area (Å²) in [6, 6.07) is 25.2. The molecule has 1 N–H and O–H groups in total. The fourth-order valence-corrected chi connectivity index (χ4v) is 4.48. The molecule has 0 spiro atoms. The number of rotatable bonds is 3. The lowest BCUT2D eigenvalue weighted by Gasteiger charge is -2.24. The second-order valence-electron chi connectivity index (χ2n) is 8.07. The summed E-state index contributed by atoms with van der Waals surface area (Å²) in [5.41, 5.74) is 2.16. The lowest BCUT2D eigenvalue weighted by Crippen LogP contribution is -2.39. The van der Waals surface area contributed by atoms with Gasteiger partial charge < -0.3 is 14.9 Å². The molecular weight excluding hydrogens is 384 g/mol. The zero-order valence-corrected chi connectivity index (χ0v) is 17.3. The number of hydrogen-bond acceptors (Lipinski definition) is 3. The third-order valence-corrected chi connectivity index (χ3v) is 6.02. The van der Waals surface area contributed by atoms with Gasteiger partial charge in [0.1, 0.15) is 0 Å². The number of carbonyl (C=O) groups is 1. The van der Waals surface area contributed by atoms with Crippen LogP contribution < -0.4 is 9.80 Å². The smallest absolute Gasteiger partial charge is 0.277 e. The minimum absolute atomic E-state index is 0.388. The van der Waals surface area contributed by atoms with E-state index in [0.29, 0.717) is 12.1 Å². The lowest BCUT2D eigenvalue weighted by atomic mass is 9.93. The van der Waals surface area contributed by atoms with Crippen LogP contribution in [0.25, 0.3) is 0 Å². The first-order chi connectivity index (χ1) is 15.2. The molecule has 3 aromatic carbocycles. The Bertz CT molecular complexity index is 1160. The van der Waals surface area contributed by atoms with Crippen LogP contribution in [0.1, 0.15) is 29.5 Å². The Balaban J connectivity index is 1.64. The Labute approximate surface area is 182 Å². The monoisotopic (exact) mass is 408 g/mol. The maximum Gasteiger partial charge on any atom is 0.277 e. The molecule has 0 aliphatic carbocycles. The highest BCUT2D eigenvalue weighted by atomic mass is 16.3. The van der Waals surface area contributed by atoms with Crippen LogP contribution in [0.3, 0.4) is 0 Å². The lowest BCUT2D eigenvalue weighted by molar-refractivity contribution is -0.130. The third-order valence-electron chi connectivity index (χ3n) is 6.02. The molecule has 31 heavy (non-hydrogen) atoms. The van der Waals surface area contributed by atoms with Gasteiger partial charge in [-0.3, -0.25) is 4.79 Å². The van der Waals surface area contributed by atoms with Crippen molar-refractivity contribution in [2.75, 3.05) is 22.9 Å². The van der Waals surface area contributed by atoms with Crippen LogP contribution in [0.4, 0.5) is 11.4 Å². The highest BCUT2D eigenvalue weighted by Gasteiger charge is 2.51. The molecule has 1 unspecified atom stereocenters. The molecule has 1 saturated heterocycles. The molecule has 2 aliphatic rings. The number of anilines is 2. The van der Waals surface area contributed by atoms with Gasteiger partial charge >= 0.3 is 0 Å². The summed E-state index contributed by atoms with van der Waals surface area (Å²) in [7, 11) is 0. The van der Waals surface area contributed by atoms with Crippen LogP contribution in [0.15, 0.2) is 78.9 Å². The first-order valence-corrected chi connectivity index (χ1v) is 10.7. The van der Waals surface area contributed by atoms with E-state index in [1.54, 1.807) is 4.90 Å². The van der Waals surface area contributed by atoms with E-state index in [2.05, 4.69) is 16.7 Å². The summed E-state index contributed by atoms with van der Waals surface area (Å²) in [6.45, 7) is 2.24. The summed E-state index contributed by atoms with van der Waals surface area (Å²) in [4.78, 5) is 17.6. The first-order valence-electron chi connectivity index (χ1n) is 10.7. The van der Waals surface area contributed by atoms with Gasteiger partial charge in [-0.1, -0.05) is 60.5 Å². The van der Waals surface area contributed by atoms with Crippen LogP contribution in [0.2, 0.25) is 0 Å². The molecule has 1 fully saturated rings. The molecule has 2 heterocycles. The highest BCUT2D eigenvalue weighted by molar-refractivity contribution is 6.11. The van der Waals surface area contributed by atoms with E-state index in [9.17, 15) is 9.90 Å². The van der Waals surface area contributed by atoms with Crippen LogP contribution >= 0.6 is 0 Å². The Morgan fingerprint density at radius 1 is 0.839 bits per heavy atom. The second-order valence-corrected chi connectivity index (χ2v) is 8.07. The molecule has 2 aliphatic heterocycles. The maximum absolute atomic E-state index is 13.6. The Kier molecular flexibility index (Phi) is 4.97. The molecule has 3 aromatic rings. The number of amides is 1. The Hall–Kier alpha value is -3.55. The van der Waals surface area contributed by atoms with E-state index >= 15 is 0 Å². The Morgan fingerprint density at radius 3 is 2.19 bits per heavy atom. The topological polar surface area (TPSA) is 43.8 Å². The van der Waals surface area contributed by atoms with Crippen molar-refractivity contribution in [2.45, 2.75) is 25.0 Å². The van der Waals surface area contributed by atoms with E-state index in [0.717, 1.165) is 48.4 Å². The van der Waals surface area contributed by atoms with Gasteiger partial charge in [0.2, 0.25) is 5.60 Å². The molecule has 0 bridgehead atoms. The van der Waals surface area contributed by atoms with Gasteiger partial charge in [0.05, 0.1) is 17.8 Å². The van der Waals surface area contributed by atoms with E-state index in [1.807, 2.05) is 78.9 Å². The summed E-state index contributed by atoms with van der Waals surface area (Å²) < 4.78 is 0. The minimum Gasteiger partial charge on any atom is -0.371 e. The van der Waals surface area contributed by atoms with E-state index in [-0.39, 0.29) is 5.91 Å². The minimum atomic E-state index is -1.88. The van der Waals surface area contributed by atoms with Crippen molar-refractivity contribution in [3.05, 3.63) is 95.6 Å². The molecule has 1 atom stereocenters. The number of aliphatic hydroxyl groups is 1. The van der Waals surface area contributed by atoms with Gasteiger partial charge in [0, 0.05) is 24.3 Å². The Morgan fingerprint density at radius 2 is 1.48 bits per heavy atom. The van der Waals surface area contributed by atoms with E-state index in [4.69, 9.17) is 0 Å². The van der Waals surface area contributed by atoms with Crippen molar-refractivity contribution in [3.63, 3.8) is 0 Å². The molecule has 0 radical (unpaired) electrons. The first kappa shape index (κ1) is 19.4. The molecule has 1 amide bonds. The molecule has 5 rings (SSSR count). The van der Waals surface area contributed by atoms with Gasteiger partial charge in [0.25, 0.3) is 5.91 Å². The summed E-state index contributed by atoms with van der Waals surface area (Å²) in [6.07, 6.45) is 2.22. The number of hydrogen-bond donors (Lipinski definition) is 1. The molecular formula is C27H24N2O2. The maximum atomic E-state index is 13.6. The van der Waals surface area contributed by atoms with Gasteiger partial charge in [-0.25, -0.2) is 0 Å². The van der Waals surface area contributed by atoms with Crippen molar-refractivity contribution < 1.29 is 9.90 Å². The summed E-state index contributed by atoms with van der Waals surface area (Å²) in [5.74, 6) is 5.59. The average Bonchev–Trinajstić information content (AvgIpc) is 3.42. The zero-order chi connectivity index (χ0) is 21.3. The van der Waals surface area contributed by atoms with Crippen LogP contribution in [-0.2, 0) is 16.9 Å². The normalized spacial score (nSPS) is 19.8. The molecule has 0 aromatic heterocycles. The second kappa shape index (κ2) is 7.94. The van der Waals surface area contributed by atoms with Crippen molar-refractivity contribution in [3.8, 4) is 11.8 Å². The van der Waals surface area contributed by atoms with Crippen molar-refractivity contribution in [2.24, 2.45) is 0 Å². The number of carbonyl (C=O) groups excluding carboxylic acids is 1. The largest absolute Gasteiger partial charge is 0.371 e. The number of benzene rings is 3.